The molecule has 2 fully saturated rings. The zero-order valence-corrected chi connectivity index (χ0v) is 10.9. The van der Waals surface area contributed by atoms with Crippen LogP contribution in [0.15, 0.2) is 29.3 Å². The molecule has 0 bridgehead atoms. The molecule has 0 saturated heterocycles. The molecule has 4 rings (SSSR count). The van der Waals surface area contributed by atoms with Gasteiger partial charge in [0, 0.05) is 0 Å². The molecule has 0 radical (unpaired) electrons. The summed E-state index contributed by atoms with van der Waals surface area (Å²) in [7, 11) is 0. The minimum atomic E-state index is 0.125. The molecule has 3 atom stereocenters. The van der Waals surface area contributed by atoms with Gasteiger partial charge in [0.15, 0.2) is 5.96 Å². The van der Waals surface area contributed by atoms with Crippen LogP contribution in [-0.2, 0) is 0 Å². The average molecular weight is 262 g/mol. The van der Waals surface area contributed by atoms with Crippen molar-refractivity contribution in [2.45, 2.75) is 24.8 Å². The fourth-order valence-electron chi connectivity index (χ4n) is 3.90. The number of halogens is 1. The Kier molecular flexibility index (Phi) is 2.03. The topological polar surface area (TPSA) is 41.6 Å². The number of hydrogen-bond donors (Lipinski definition) is 1. The number of nitrogens with two attached hydrogens (primary N) is 1. The predicted octanol–water partition coefficient (Wildman–Crippen LogP) is 2.64. The molecule has 3 unspecified atom stereocenters. The van der Waals surface area contributed by atoms with Gasteiger partial charge in [-0.05, 0) is 43.2 Å². The quantitative estimate of drug-likeness (QED) is 0.844. The molecule has 2 saturated carbocycles. The molecule has 1 aliphatic heterocycles. The van der Waals surface area contributed by atoms with Gasteiger partial charge >= 0.3 is 0 Å². The lowest BCUT2D eigenvalue weighted by molar-refractivity contribution is 0.414. The standard InChI is InChI=1S/C14H16ClN3/c15-11-3-1-2-4-12(11)18-13(16)17-8-14(18)6-5-9-7-10(9)14/h1-4,9-10H,5-8H2,(H2,16,17). The summed E-state index contributed by atoms with van der Waals surface area (Å²) in [5.74, 6) is 2.30. The van der Waals surface area contributed by atoms with Crippen LogP contribution >= 0.6 is 11.6 Å². The van der Waals surface area contributed by atoms with Crippen molar-refractivity contribution < 1.29 is 0 Å². The van der Waals surface area contributed by atoms with Crippen LogP contribution < -0.4 is 10.6 Å². The summed E-state index contributed by atoms with van der Waals surface area (Å²) in [6.45, 7) is 0.839. The molecule has 94 valence electrons. The van der Waals surface area contributed by atoms with E-state index in [-0.39, 0.29) is 5.54 Å². The van der Waals surface area contributed by atoms with Crippen molar-refractivity contribution in [2.24, 2.45) is 22.6 Å². The number of hydrogen-bond acceptors (Lipinski definition) is 3. The molecule has 2 N–H and O–H groups in total. The molecule has 0 aromatic heterocycles. The molecular formula is C14H16ClN3. The Labute approximate surface area is 112 Å². The first kappa shape index (κ1) is 10.7. The molecule has 0 amide bonds. The smallest absolute Gasteiger partial charge is 0.196 e. The van der Waals surface area contributed by atoms with Gasteiger partial charge in [-0.3, -0.25) is 4.99 Å². The summed E-state index contributed by atoms with van der Waals surface area (Å²) in [6, 6.07) is 7.94. The molecule has 18 heavy (non-hydrogen) atoms. The van der Waals surface area contributed by atoms with E-state index in [0.29, 0.717) is 5.96 Å². The molecule has 4 heteroatoms. The van der Waals surface area contributed by atoms with Gasteiger partial charge in [-0.1, -0.05) is 23.7 Å². The lowest BCUT2D eigenvalue weighted by Gasteiger charge is -2.38. The van der Waals surface area contributed by atoms with Gasteiger partial charge in [0.05, 0.1) is 22.8 Å². The number of guanidine groups is 1. The molecule has 1 spiro atoms. The Hall–Kier alpha value is -1.22. The Balaban J connectivity index is 1.82. The van der Waals surface area contributed by atoms with Gasteiger partial charge in [-0.15, -0.1) is 0 Å². The zero-order chi connectivity index (χ0) is 12.3. The van der Waals surface area contributed by atoms with E-state index in [1.165, 1.54) is 19.3 Å². The third kappa shape index (κ3) is 1.23. The second kappa shape index (κ2) is 3.41. The third-order valence-corrected chi connectivity index (χ3v) is 5.16. The number of nitrogens with zero attached hydrogens (tertiary/aromatic N) is 2. The highest BCUT2D eigenvalue weighted by molar-refractivity contribution is 6.34. The number of rotatable bonds is 1. The van der Waals surface area contributed by atoms with Gasteiger partial charge < -0.3 is 10.6 Å². The minimum Gasteiger partial charge on any atom is -0.369 e. The van der Waals surface area contributed by atoms with Crippen molar-refractivity contribution >= 4 is 23.2 Å². The summed E-state index contributed by atoms with van der Waals surface area (Å²) in [5, 5.41) is 0.765. The SMILES string of the molecule is NC1=NCC2(CCC3CC32)N1c1ccccc1Cl. The van der Waals surface area contributed by atoms with Gasteiger partial charge in [0.1, 0.15) is 0 Å². The molecule has 3 aliphatic rings. The van der Waals surface area contributed by atoms with Crippen molar-refractivity contribution in [3.05, 3.63) is 29.3 Å². The summed E-state index contributed by atoms with van der Waals surface area (Å²) in [5.41, 5.74) is 7.28. The van der Waals surface area contributed by atoms with Crippen molar-refractivity contribution in [3.63, 3.8) is 0 Å². The monoisotopic (exact) mass is 261 g/mol. The molecule has 2 aliphatic carbocycles. The third-order valence-electron chi connectivity index (χ3n) is 4.84. The molecular weight excluding hydrogens is 246 g/mol. The van der Waals surface area contributed by atoms with Crippen LogP contribution in [0.4, 0.5) is 5.69 Å². The van der Waals surface area contributed by atoms with Gasteiger partial charge in [0.25, 0.3) is 0 Å². The first-order valence-electron chi connectivity index (χ1n) is 6.57. The second-order valence-electron chi connectivity index (χ2n) is 5.71. The number of anilines is 1. The van der Waals surface area contributed by atoms with E-state index in [9.17, 15) is 0 Å². The van der Waals surface area contributed by atoms with Crippen molar-refractivity contribution in [1.29, 1.82) is 0 Å². The van der Waals surface area contributed by atoms with E-state index in [0.717, 1.165) is 29.1 Å². The number of fused-ring (bicyclic) bond motifs is 2. The Morgan fingerprint density at radius 3 is 2.89 bits per heavy atom. The van der Waals surface area contributed by atoms with Crippen LogP contribution in [0.25, 0.3) is 0 Å². The highest BCUT2D eigenvalue weighted by Crippen LogP contribution is 2.61. The maximum Gasteiger partial charge on any atom is 0.196 e. The van der Waals surface area contributed by atoms with Gasteiger partial charge in [0.2, 0.25) is 0 Å². The summed E-state index contributed by atoms with van der Waals surface area (Å²) >= 11 is 6.34. The van der Waals surface area contributed by atoms with E-state index in [1.54, 1.807) is 0 Å². The molecule has 3 nitrogen and oxygen atoms in total. The van der Waals surface area contributed by atoms with Crippen LogP contribution in [0.3, 0.4) is 0 Å². The number of aliphatic imine (C=N–C) groups is 1. The summed E-state index contributed by atoms with van der Waals surface area (Å²) < 4.78 is 0. The van der Waals surface area contributed by atoms with Crippen LogP contribution in [0.2, 0.25) is 5.02 Å². The minimum absolute atomic E-state index is 0.125. The van der Waals surface area contributed by atoms with E-state index in [1.807, 2.05) is 24.3 Å². The van der Waals surface area contributed by atoms with Crippen LogP contribution in [0.5, 0.6) is 0 Å². The van der Waals surface area contributed by atoms with E-state index in [4.69, 9.17) is 17.3 Å². The first-order valence-corrected chi connectivity index (χ1v) is 6.95. The molecule has 1 aromatic carbocycles. The Morgan fingerprint density at radius 2 is 2.22 bits per heavy atom. The lowest BCUT2D eigenvalue weighted by atomic mass is 9.91. The number of para-hydroxylation sites is 1. The maximum absolute atomic E-state index is 6.34. The van der Waals surface area contributed by atoms with Crippen LogP contribution in [0.1, 0.15) is 19.3 Å². The number of benzene rings is 1. The summed E-state index contributed by atoms with van der Waals surface area (Å²) in [4.78, 5) is 6.72. The fraction of sp³-hybridized carbons (Fsp3) is 0.500. The highest BCUT2D eigenvalue weighted by Gasteiger charge is 2.62. The molecule has 1 aromatic rings. The molecule has 1 heterocycles. The zero-order valence-electron chi connectivity index (χ0n) is 10.1. The largest absolute Gasteiger partial charge is 0.369 e. The van der Waals surface area contributed by atoms with Crippen LogP contribution in [-0.4, -0.2) is 18.0 Å². The van der Waals surface area contributed by atoms with Crippen molar-refractivity contribution in [1.82, 2.24) is 0 Å². The fourth-order valence-corrected chi connectivity index (χ4v) is 4.12. The highest BCUT2D eigenvalue weighted by atomic mass is 35.5. The first-order chi connectivity index (χ1) is 8.72. The Bertz CT molecular complexity index is 542. The van der Waals surface area contributed by atoms with Crippen LogP contribution in [0, 0.1) is 11.8 Å². The van der Waals surface area contributed by atoms with Crippen molar-refractivity contribution in [3.8, 4) is 0 Å². The Morgan fingerprint density at radius 1 is 1.39 bits per heavy atom. The van der Waals surface area contributed by atoms with E-state index in [2.05, 4.69) is 9.89 Å². The van der Waals surface area contributed by atoms with Crippen molar-refractivity contribution in [2.75, 3.05) is 11.4 Å². The van der Waals surface area contributed by atoms with E-state index >= 15 is 0 Å². The summed E-state index contributed by atoms with van der Waals surface area (Å²) in [6.07, 6.45) is 3.84. The van der Waals surface area contributed by atoms with E-state index < -0.39 is 0 Å². The predicted molar refractivity (Wildman–Crippen MR) is 74.0 cm³/mol. The maximum atomic E-state index is 6.34. The normalized spacial score (nSPS) is 36.9. The van der Waals surface area contributed by atoms with Gasteiger partial charge in [-0.2, -0.15) is 0 Å². The lowest BCUT2D eigenvalue weighted by Crippen LogP contribution is -2.52. The second-order valence-corrected chi connectivity index (χ2v) is 6.11. The van der Waals surface area contributed by atoms with Gasteiger partial charge in [-0.25, -0.2) is 0 Å². The average Bonchev–Trinajstić information content (AvgIpc) is 2.99.